The van der Waals surface area contributed by atoms with Gasteiger partial charge in [0, 0.05) is 31.9 Å². The number of nitrogen functional groups attached to an aromatic ring is 1. The minimum absolute atomic E-state index is 0.0473. The first-order chi connectivity index (χ1) is 10.5. The molecule has 6 nitrogen and oxygen atoms in total. The number of benzene rings is 1. The predicted octanol–water partition coefficient (Wildman–Crippen LogP) is 1.65. The lowest BCUT2D eigenvalue weighted by atomic mass is 10.2. The fraction of sp³-hybridized carbons (Fsp3) is 0.312. The topological polar surface area (TPSA) is 90.4 Å². The third-order valence-electron chi connectivity index (χ3n) is 3.47. The van der Waals surface area contributed by atoms with Gasteiger partial charge in [0.15, 0.2) is 0 Å². The Morgan fingerprint density at radius 2 is 1.86 bits per heavy atom. The van der Waals surface area contributed by atoms with Gasteiger partial charge in [-0.3, -0.25) is 9.59 Å². The van der Waals surface area contributed by atoms with E-state index in [1.807, 2.05) is 11.0 Å². The molecule has 1 aliphatic heterocycles. The Hall–Kier alpha value is -2.81. The summed E-state index contributed by atoms with van der Waals surface area (Å²) < 4.78 is 0. The zero-order valence-electron chi connectivity index (χ0n) is 12.5. The fourth-order valence-corrected chi connectivity index (χ4v) is 2.37. The third kappa shape index (κ3) is 3.44. The molecule has 0 spiro atoms. The zero-order valence-corrected chi connectivity index (χ0v) is 12.5. The lowest BCUT2D eigenvalue weighted by Gasteiger charge is -2.20. The van der Waals surface area contributed by atoms with Gasteiger partial charge in [0.1, 0.15) is 11.6 Å². The Labute approximate surface area is 129 Å². The standard InChI is InChI=1S/C16H18N4O2/c1-12(21)20(15-6-4-14(18)5-7-15)16(22)13(10-17)11-19-8-2-3-9-19/h4-7,11H,2-3,8-9,18H2,1H3/b13-11-. The molecule has 22 heavy (non-hydrogen) atoms. The van der Waals surface area contributed by atoms with E-state index < -0.39 is 11.8 Å². The van der Waals surface area contributed by atoms with Gasteiger partial charge in [-0.1, -0.05) is 0 Å². The highest BCUT2D eigenvalue weighted by molar-refractivity contribution is 6.21. The van der Waals surface area contributed by atoms with Gasteiger partial charge in [-0.2, -0.15) is 5.26 Å². The van der Waals surface area contributed by atoms with E-state index in [9.17, 15) is 14.9 Å². The van der Waals surface area contributed by atoms with Crippen molar-refractivity contribution >= 4 is 23.2 Å². The number of anilines is 2. The molecule has 6 heteroatoms. The number of carbonyl (C=O) groups is 2. The Morgan fingerprint density at radius 3 is 2.36 bits per heavy atom. The van der Waals surface area contributed by atoms with Crippen LogP contribution in [0.3, 0.4) is 0 Å². The number of rotatable bonds is 3. The first-order valence-electron chi connectivity index (χ1n) is 7.09. The highest BCUT2D eigenvalue weighted by atomic mass is 16.2. The second-order valence-electron chi connectivity index (χ2n) is 5.15. The summed E-state index contributed by atoms with van der Waals surface area (Å²) in [6.07, 6.45) is 3.62. The largest absolute Gasteiger partial charge is 0.399 e. The minimum atomic E-state index is -0.619. The molecule has 1 aromatic rings. The fourth-order valence-electron chi connectivity index (χ4n) is 2.37. The van der Waals surface area contributed by atoms with Gasteiger partial charge in [0.25, 0.3) is 5.91 Å². The summed E-state index contributed by atoms with van der Waals surface area (Å²) >= 11 is 0. The van der Waals surface area contributed by atoms with Crippen LogP contribution in [0.25, 0.3) is 0 Å². The van der Waals surface area contributed by atoms with Crippen molar-refractivity contribution in [1.82, 2.24) is 4.90 Å². The lowest BCUT2D eigenvalue weighted by molar-refractivity contribution is -0.123. The maximum atomic E-state index is 12.5. The van der Waals surface area contributed by atoms with E-state index in [4.69, 9.17) is 5.73 Å². The maximum Gasteiger partial charge on any atom is 0.277 e. The molecule has 0 aromatic heterocycles. The van der Waals surface area contributed by atoms with Crippen LogP contribution in [0, 0.1) is 11.3 Å². The van der Waals surface area contributed by atoms with Crippen LogP contribution in [0.2, 0.25) is 0 Å². The monoisotopic (exact) mass is 298 g/mol. The van der Waals surface area contributed by atoms with E-state index in [-0.39, 0.29) is 5.57 Å². The molecular formula is C16H18N4O2. The molecular weight excluding hydrogens is 280 g/mol. The molecule has 0 aliphatic carbocycles. The smallest absolute Gasteiger partial charge is 0.277 e. The van der Waals surface area contributed by atoms with Crippen molar-refractivity contribution in [2.24, 2.45) is 0 Å². The van der Waals surface area contributed by atoms with Crippen molar-refractivity contribution < 1.29 is 9.59 Å². The van der Waals surface area contributed by atoms with Crippen LogP contribution in [0.1, 0.15) is 19.8 Å². The summed E-state index contributed by atoms with van der Waals surface area (Å²) in [5.41, 5.74) is 6.50. The van der Waals surface area contributed by atoms with Gasteiger partial charge in [0.2, 0.25) is 5.91 Å². The van der Waals surface area contributed by atoms with Crippen LogP contribution in [0.4, 0.5) is 11.4 Å². The minimum Gasteiger partial charge on any atom is -0.399 e. The molecule has 0 saturated carbocycles. The van der Waals surface area contributed by atoms with E-state index in [0.29, 0.717) is 11.4 Å². The average molecular weight is 298 g/mol. The lowest BCUT2D eigenvalue weighted by Crippen LogP contribution is -2.36. The highest BCUT2D eigenvalue weighted by Crippen LogP contribution is 2.19. The van der Waals surface area contributed by atoms with Crippen molar-refractivity contribution in [2.75, 3.05) is 23.7 Å². The van der Waals surface area contributed by atoms with Gasteiger partial charge in [-0.05, 0) is 37.1 Å². The normalized spacial score (nSPS) is 14.5. The van der Waals surface area contributed by atoms with E-state index in [1.54, 1.807) is 30.5 Å². The number of nitrogens with two attached hydrogens (primary N) is 1. The van der Waals surface area contributed by atoms with Crippen LogP contribution in [-0.4, -0.2) is 29.8 Å². The van der Waals surface area contributed by atoms with Crippen molar-refractivity contribution in [1.29, 1.82) is 5.26 Å². The Morgan fingerprint density at radius 1 is 1.27 bits per heavy atom. The predicted molar refractivity (Wildman–Crippen MR) is 83.5 cm³/mol. The molecule has 1 aromatic carbocycles. The number of nitrogens with zero attached hydrogens (tertiary/aromatic N) is 3. The van der Waals surface area contributed by atoms with Gasteiger partial charge >= 0.3 is 0 Å². The first-order valence-corrected chi connectivity index (χ1v) is 7.09. The number of hydrogen-bond donors (Lipinski definition) is 1. The summed E-state index contributed by atoms with van der Waals surface area (Å²) in [6, 6.07) is 8.27. The molecule has 0 unspecified atom stereocenters. The first kappa shape index (κ1) is 15.6. The van der Waals surface area contributed by atoms with Gasteiger partial charge < -0.3 is 10.6 Å². The molecule has 1 saturated heterocycles. The molecule has 2 N–H and O–H groups in total. The molecule has 0 radical (unpaired) electrons. The van der Waals surface area contributed by atoms with Crippen molar-refractivity contribution in [3.05, 3.63) is 36.0 Å². The van der Waals surface area contributed by atoms with Crippen LogP contribution >= 0.6 is 0 Å². The average Bonchev–Trinajstić information content (AvgIpc) is 2.99. The number of likely N-dealkylation sites (tertiary alicyclic amines) is 1. The number of amides is 2. The number of imide groups is 1. The summed E-state index contributed by atoms with van der Waals surface area (Å²) in [7, 11) is 0. The van der Waals surface area contributed by atoms with Crippen LogP contribution in [0.5, 0.6) is 0 Å². The van der Waals surface area contributed by atoms with Gasteiger partial charge in [-0.25, -0.2) is 4.90 Å². The second kappa shape index (κ2) is 6.76. The maximum absolute atomic E-state index is 12.5. The summed E-state index contributed by atoms with van der Waals surface area (Å²) in [5, 5.41) is 9.25. The second-order valence-corrected chi connectivity index (χ2v) is 5.15. The molecule has 0 bridgehead atoms. The zero-order chi connectivity index (χ0) is 16.1. The molecule has 1 fully saturated rings. The molecule has 1 aliphatic rings. The molecule has 2 amide bonds. The van der Waals surface area contributed by atoms with Crippen molar-refractivity contribution in [3.63, 3.8) is 0 Å². The van der Waals surface area contributed by atoms with Crippen molar-refractivity contribution in [3.8, 4) is 6.07 Å². The Bertz CT molecular complexity index is 637. The highest BCUT2D eigenvalue weighted by Gasteiger charge is 2.25. The number of nitriles is 1. The van der Waals surface area contributed by atoms with E-state index in [1.165, 1.54) is 6.92 Å². The SMILES string of the molecule is CC(=O)N(C(=O)/C(C#N)=C\N1CCCC1)c1ccc(N)cc1. The summed E-state index contributed by atoms with van der Waals surface area (Å²) in [5.74, 6) is -1.07. The van der Waals surface area contributed by atoms with E-state index >= 15 is 0 Å². The third-order valence-corrected chi connectivity index (χ3v) is 3.47. The Balaban J connectivity index is 2.30. The summed E-state index contributed by atoms with van der Waals surface area (Å²) in [6.45, 7) is 2.93. The summed E-state index contributed by atoms with van der Waals surface area (Å²) in [4.78, 5) is 27.3. The molecule has 1 heterocycles. The van der Waals surface area contributed by atoms with Crippen LogP contribution in [-0.2, 0) is 9.59 Å². The van der Waals surface area contributed by atoms with Crippen LogP contribution < -0.4 is 10.6 Å². The number of hydrogen-bond acceptors (Lipinski definition) is 5. The van der Waals surface area contributed by atoms with Gasteiger partial charge in [0.05, 0.1) is 5.69 Å². The molecule has 114 valence electrons. The molecule has 2 rings (SSSR count). The van der Waals surface area contributed by atoms with E-state index in [0.717, 1.165) is 30.8 Å². The number of carbonyl (C=O) groups excluding carboxylic acids is 2. The van der Waals surface area contributed by atoms with E-state index in [2.05, 4.69) is 0 Å². The van der Waals surface area contributed by atoms with Gasteiger partial charge in [-0.15, -0.1) is 0 Å². The van der Waals surface area contributed by atoms with Crippen molar-refractivity contribution in [2.45, 2.75) is 19.8 Å². The Kier molecular flexibility index (Phi) is 4.79. The quantitative estimate of drug-likeness (QED) is 0.520. The molecule has 0 atom stereocenters. The van der Waals surface area contributed by atoms with Crippen LogP contribution in [0.15, 0.2) is 36.0 Å².